The lowest BCUT2D eigenvalue weighted by Crippen LogP contribution is -2.04. The number of benzene rings is 2. The van der Waals surface area contributed by atoms with Crippen LogP contribution in [0.2, 0.25) is 0 Å². The highest BCUT2D eigenvalue weighted by Gasteiger charge is 2.03. The minimum absolute atomic E-state index is 0.583. The van der Waals surface area contributed by atoms with Gasteiger partial charge in [0, 0.05) is 6.54 Å². The molecule has 0 atom stereocenters. The van der Waals surface area contributed by atoms with E-state index in [4.69, 9.17) is 9.15 Å². The molecule has 21 heavy (non-hydrogen) atoms. The minimum atomic E-state index is 0.583. The standard InChI is InChI=1S/C17H18N2O2/c1-2-8-14(9-3-1)20-13-7-6-12-18-17-19-15-10-4-5-11-16(15)21-17/h1-5,8-11H,6-7,12-13H2,(H,18,19). The molecule has 0 amide bonds. The normalized spacial score (nSPS) is 10.7. The van der Waals surface area contributed by atoms with E-state index >= 15 is 0 Å². The molecule has 0 fully saturated rings. The molecule has 3 rings (SSSR count). The molecule has 4 nitrogen and oxygen atoms in total. The maximum Gasteiger partial charge on any atom is 0.295 e. The maximum atomic E-state index is 5.64. The zero-order valence-corrected chi connectivity index (χ0v) is 11.8. The van der Waals surface area contributed by atoms with Gasteiger partial charge in [-0.2, -0.15) is 4.98 Å². The average Bonchev–Trinajstić information content (AvgIpc) is 2.94. The van der Waals surface area contributed by atoms with E-state index in [1.165, 1.54) is 0 Å². The Morgan fingerprint density at radius 1 is 0.952 bits per heavy atom. The molecule has 0 saturated heterocycles. The first-order chi connectivity index (χ1) is 10.4. The third-order valence-electron chi connectivity index (χ3n) is 3.15. The van der Waals surface area contributed by atoms with Crippen LogP contribution in [0.25, 0.3) is 11.1 Å². The molecule has 0 unspecified atom stereocenters. The quantitative estimate of drug-likeness (QED) is 0.663. The lowest BCUT2D eigenvalue weighted by molar-refractivity contribution is 0.308. The van der Waals surface area contributed by atoms with Crippen LogP contribution >= 0.6 is 0 Å². The second-order valence-electron chi connectivity index (χ2n) is 4.78. The number of ether oxygens (including phenoxy) is 1. The number of oxazole rings is 1. The van der Waals surface area contributed by atoms with Crippen LogP contribution in [0, 0.1) is 0 Å². The highest BCUT2D eigenvalue weighted by atomic mass is 16.5. The molecule has 2 aromatic carbocycles. The third kappa shape index (κ3) is 3.75. The third-order valence-corrected chi connectivity index (χ3v) is 3.15. The molecule has 4 heteroatoms. The highest BCUT2D eigenvalue weighted by Crippen LogP contribution is 2.17. The summed E-state index contributed by atoms with van der Waals surface area (Å²) >= 11 is 0. The second-order valence-corrected chi connectivity index (χ2v) is 4.78. The van der Waals surface area contributed by atoms with Gasteiger partial charge < -0.3 is 14.5 Å². The Morgan fingerprint density at radius 2 is 1.76 bits per heavy atom. The Hall–Kier alpha value is -2.49. The predicted octanol–water partition coefficient (Wildman–Crippen LogP) is 4.10. The monoisotopic (exact) mass is 282 g/mol. The van der Waals surface area contributed by atoms with Crippen LogP contribution in [-0.2, 0) is 0 Å². The lowest BCUT2D eigenvalue weighted by atomic mass is 10.3. The van der Waals surface area contributed by atoms with Crippen molar-refractivity contribution in [2.75, 3.05) is 18.5 Å². The van der Waals surface area contributed by atoms with E-state index in [0.717, 1.165) is 42.8 Å². The fourth-order valence-corrected chi connectivity index (χ4v) is 2.08. The number of nitrogens with one attached hydrogen (secondary N) is 1. The van der Waals surface area contributed by atoms with Crippen molar-refractivity contribution in [3.05, 3.63) is 54.6 Å². The Balaban J connectivity index is 1.36. The van der Waals surface area contributed by atoms with Gasteiger partial charge in [0.2, 0.25) is 0 Å². The number of aromatic nitrogens is 1. The van der Waals surface area contributed by atoms with Gasteiger partial charge in [0.15, 0.2) is 5.58 Å². The molecule has 1 N–H and O–H groups in total. The summed E-state index contributed by atoms with van der Waals surface area (Å²) in [6, 6.07) is 18.2. The molecule has 0 bridgehead atoms. The Bertz CT molecular complexity index is 646. The van der Waals surface area contributed by atoms with Crippen molar-refractivity contribution in [1.82, 2.24) is 4.98 Å². The van der Waals surface area contributed by atoms with Gasteiger partial charge in [-0.3, -0.25) is 0 Å². The average molecular weight is 282 g/mol. The highest BCUT2D eigenvalue weighted by molar-refractivity contribution is 5.74. The summed E-state index contributed by atoms with van der Waals surface area (Å²) in [7, 11) is 0. The van der Waals surface area contributed by atoms with E-state index in [1.807, 2.05) is 54.6 Å². The second kappa shape index (κ2) is 6.79. The zero-order chi connectivity index (χ0) is 14.3. The Labute approximate surface area is 123 Å². The summed E-state index contributed by atoms with van der Waals surface area (Å²) < 4.78 is 11.2. The Morgan fingerprint density at radius 3 is 2.62 bits per heavy atom. The van der Waals surface area contributed by atoms with Gasteiger partial charge in [0.25, 0.3) is 6.01 Å². The van der Waals surface area contributed by atoms with Crippen LogP contribution < -0.4 is 10.1 Å². The van der Waals surface area contributed by atoms with Gasteiger partial charge in [0.05, 0.1) is 6.61 Å². The van der Waals surface area contributed by atoms with Crippen LogP contribution in [0.5, 0.6) is 5.75 Å². The van der Waals surface area contributed by atoms with Crippen molar-refractivity contribution in [2.24, 2.45) is 0 Å². The number of para-hydroxylation sites is 3. The van der Waals surface area contributed by atoms with Crippen LogP contribution in [0.15, 0.2) is 59.0 Å². The summed E-state index contributed by atoms with van der Waals surface area (Å²) in [5.74, 6) is 0.921. The SMILES string of the molecule is c1ccc(OCCCCNc2nc3ccccc3o2)cc1. The van der Waals surface area contributed by atoms with E-state index in [2.05, 4.69) is 10.3 Å². The number of fused-ring (bicyclic) bond motifs is 1. The summed E-state index contributed by atoms with van der Waals surface area (Å²) in [6.07, 6.45) is 1.99. The largest absolute Gasteiger partial charge is 0.494 e. The maximum absolute atomic E-state index is 5.64. The number of hydrogen-bond acceptors (Lipinski definition) is 4. The van der Waals surface area contributed by atoms with Crippen molar-refractivity contribution in [3.63, 3.8) is 0 Å². The van der Waals surface area contributed by atoms with E-state index < -0.39 is 0 Å². The van der Waals surface area contributed by atoms with Crippen molar-refractivity contribution >= 4 is 17.1 Å². The van der Waals surface area contributed by atoms with Crippen LogP contribution in [-0.4, -0.2) is 18.1 Å². The van der Waals surface area contributed by atoms with Crippen LogP contribution in [0.4, 0.5) is 6.01 Å². The van der Waals surface area contributed by atoms with Gasteiger partial charge >= 0.3 is 0 Å². The number of unbranched alkanes of at least 4 members (excludes halogenated alkanes) is 1. The van der Waals surface area contributed by atoms with Gasteiger partial charge in [-0.25, -0.2) is 0 Å². The number of rotatable bonds is 7. The summed E-state index contributed by atoms with van der Waals surface area (Å²) in [5, 5.41) is 3.20. The van der Waals surface area contributed by atoms with Gasteiger partial charge in [-0.15, -0.1) is 0 Å². The molecule has 108 valence electrons. The van der Waals surface area contributed by atoms with Crippen LogP contribution in [0.1, 0.15) is 12.8 Å². The molecule has 3 aromatic rings. The molecule has 1 aromatic heterocycles. The zero-order valence-electron chi connectivity index (χ0n) is 11.8. The van der Waals surface area contributed by atoms with Crippen molar-refractivity contribution in [1.29, 1.82) is 0 Å². The van der Waals surface area contributed by atoms with E-state index in [0.29, 0.717) is 6.01 Å². The molecular weight excluding hydrogens is 264 g/mol. The number of nitrogens with zero attached hydrogens (tertiary/aromatic N) is 1. The fourth-order valence-electron chi connectivity index (χ4n) is 2.08. The van der Waals surface area contributed by atoms with Crippen molar-refractivity contribution < 1.29 is 9.15 Å². The molecule has 0 spiro atoms. The smallest absolute Gasteiger partial charge is 0.295 e. The van der Waals surface area contributed by atoms with E-state index in [9.17, 15) is 0 Å². The van der Waals surface area contributed by atoms with Gasteiger partial charge in [-0.05, 0) is 37.1 Å². The molecule has 0 saturated carbocycles. The van der Waals surface area contributed by atoms with Gasteiger partial charge in [0.1, 0.15) is 11.3 Å². The van der Waals surface area contributed by atoms with E-state index in [1.54, 1.807) is 0 Å². The van der Waals surface area contributed by atoms with Crippen LogP contribution in [0.3, 0.4) is 0 Å². The number of anilines is 1. The molecule has 0 aliphatic carbocycles. The van der Waals surface area contributed by atoms with E-state index in [-0.39, 0.29) is 0 Å². The fraction of sp³-hybridized carbons (Fsp3) is 0.235. The molecule has 0 aliphatic heterocycles. The summed E-state index contributed by atoms with van der Waals surface area (Å²) in [4.78, 5) is 4.37. The Kier molecular flexibility index (Phi) is 4.36. The molecule has 1 heterocycles. The van der Waals surface area contributed by atoms with Crippen molar-refractivity contribution in [3.8, 4) is 5.75 Å². The number of hydrogen-bond donors (Lipinski definition) is 1. The first-order valence-electron chi connectivity index (χ1n) is 7.19. The first-order valence-corrected chi connectivity index (χ1v) is 7.19. The van der Waals surface area contributed by atoms with Gasteiger partial charge in [-0.1, -0.05) is 30.3 Å². The van der Waals surface area contributed by atoms with Crippen molar-refractivity contribution in [2.45, 2.75) is 12.8 Å². The summed E-state index contributed by atoms with van der Waals surface area (Å²) in [6.45, 7) is 1.55. The molecule has 0 aliphatic rings. The molecular formula is C17H18N2O2. The summed E-state index contributed by atoms with van der Waals surface area (Å²) in [5.41, 5.74) is 1.69. The molecule has 0 radical (unpaired) electrons. The first kappa shape index (κ1) is 13.5. The predicted molar refractivity (Wildman–Crippen MR) is 83.7 cm³/mol. The lowest BCUT2D eigenvalue weighted by Gasteiger charge is -2.05. The topological polar surface area (TPSA) is 47.3 Å². The minimum Gasteiger partial charge on any atom is -0.494 e.